The Hall–Kier alpha value is -1.34. The Labute approximate surface area is 126 Å². The predicted molar refractivity (Wildman–Crippen MR) is 81.4 cm³/mol. The van der Waals surface area contributed by atoms with Gasteiger partial charge in [0.05, 0.1) is 5.92 Å². The molecule has 1 atom stereocenters. The second kappa shape index (κ2) is 8.84. The first kappa shape index (κ1) is 17.7. The molecule has 1 saturated heterocycles. The number of amides is 2. The third kappa shape index (κ3) is 6.31. The zero-order chi connectivity index (χ0) is 15.8. The monoisotopic (exact) mass is 300 g/mol. The van der Waals surface area contributed by atoms with Gasteiger partial charge >= 0.3 is 12.0 Å². The molecular weight excluding hydrogens is 272 g/mol. The number of urea groups is 1. The fourth-order valence-electron chi connectivity index (χ4n) is 2.24. The molecule has 0 bridgehead atoms. The first-order chi connectivity index (χ1) is 9.93. The number of carboxylic acids is 1. The highest BCUT2D eigenvalue weighted by Crippen LogP contribution is 2.04. The van der Waals surface area contributed by atoms with Crippen molar-refractivity contribution in [3.05, 3.63) is 0 Å². The van der Waals surface area contributed by atoms with Crippen molar-refractivity contribution in [1.82, 2.24) is 20.0 Å². The highest BCUT2D eigenvalue weighted by Gasteiger charge is 2.22. The van der Waals surface area contributed by atoms with Gasteiger partial charge in [-0.2, -0.15) is 0 Å². The van der Waals surface area contributed by atoms with Crippen LogP contribution in [-0.4, -0.2) is 91.7 Å². The number of nitrogens with zero attached hydrogens (tertiary/aromatic N) is 3. The second-order valence-corrected chi connectivity index (χ2v) is 5.76. The van der Waals surface area contributed by atoms with Crippen molar-refractivity contribution in [3.8, 4) is 0 Å². The first-order valence-electron chi connectivity index (χ1n) is 7.56. The SMILES string of the molecule is CCC(CNC(=O)N1CCN(CCN(C)C)CC1)C(=O)O. The zero-order valence-electron chi connectivity index (χ0n) is 13.3. The van der Waals surface area contributed by atoms with E-state index in [-0.39, 0.29) is 12.6 Å². The third-order valence-electron chi connectivity index (χ3n) is 3.86. The van der Waals surface area contributed by atoms with Gasteiger partial charge in [0.15, 0.2) is 0 Å². The van der Waals surface area contributed by atoms with Crippen LogP contribution in [0.2, 0.25) is 0 Å². The Kier molecular flexibility index (Phi) is 7.45. The molecule has 0 aliphatic carbocycles. The Morgan fingerprint density at radius 3 is 2.33 bits per heavy atom. The minimum atomic E-state index is -0.855. The second-order valence-electron chi connectivity index (χ2n) is 5.76. The lowest BCUT2D eigenvalue weighted by molar-refractivity contribution is -0.141. The van der Waals surface area contributed by atoms with E-state index in [1.54, 1.807) is 4.90 Å². The van der Waals surface area contributed by atoms with Gasteiger partial charge in [0.25, 0.3) is 0 Å². The number of likely N-dealkylation sites (N-methyl/N-ethyl adjacent to an activating group) is 1. The Bertz CT molecular complexity index is 341. The quantitative estimate of drug-likeness (QED) is 0.691. The number of carbonyl (C=O) groups is 2. The average molecular weight is 300 g/mol. The van der Waals surface area contributed by atoms with Gasteiger partial charge in [-0.15, -0.1) is 0 Å². The van der Waals surface area contributed by atoms with Crippen molar-refractivity contribution in [3.63, 3.8) is 0 Å². The molecule has 7 nitrogen and oxygen atoms in total. The van der Waals surface area contributed by atoms with E-state index in [2.05, 4.69) is 29.2 Å². The molecule has 0 aromatic rings. The highest BCUT2D eigenvalue weighted by atomic mass is 16.4. The minimum Gasteiger partial charge on any atom is -0.481 e. The number of aliphatic carboxylic acids is 1. The largest absolute Gasteiger partial charge is 0.481 e. The van der Waals surface area contributed by atoms with Gasteiger partial charge in [0.1, 0.15) is 0 Å². The molecule has 21 heavy (non-hydrogen) atoms. The van der Waals surface area contributed by atoms with Crippen molar-refractivity contribution in [2.24, 2.45) is 5.92 Å². The summed E-state index contributed by atoms with van der Waals surface area (Å²) in [5, 5.41) is 11.7. The van der Waals surface area contributed by atoms with Gasteiger partial charge < -0.3 is 20.2 Å². The molecule has 1 aliphatic rings. The van der Waals surface area contributed by atoms with Crippen molar-refractivity contribution in [1.29, 1.82) is 0 Å². The maximum Gasteiger partial charge on any atom is 0.317 e. The summed E-state index contributed by atoms with van der Waals surface area (Å²) < 4.78 is 0. The van der Waals surface area contributed by atoms with Crippen molar-refractivity contribution < 1.29 is 14.7 Å². The summed E-state index contributed by atoms with van der Waals surface area (Å²) in [6.45, 7) is 7.18. The molecular formula is C14H28N4O3. The van der Waals surface area contributed by atoms with Crippen LogP contribution in [0.25, 0.3) is 0 Å². The summed E-state index contributed by atoms with van der Waals surface area (Å²) in [5.74, 6) is -1.36. The number of rotatable bonds is 7. The van der Waals surface area contributed by atoms with Gasteiger partial charge in [-0.05, 0) is 20.5 Å². The molecule has 0 radical (unpaired) electrons. The van der Waals surface area contributed by atoms with Gasteiger partial charge in [-0.25, -0.2) is 4.79 Å². The van der Waals surface area contributed by atoms with Gasteiger partial charge in [-0.1, -0.05) is 6.92 Å². The molecule has 2 N–H and O–H groups in total. The van der Waals surface area contributed by atoms with Crippen molar-refractivity contribution >= 4 is 12.0 Å². The Morgan fingerprint density at radius 1 is 1.24 bits per heavy atom. The van der Waals surface area contributed by atoms with E-state index in [0.717, 1.165) is 26.2 Å². The summed E-state index contributed by atoms with van der Waals surface area (Å²) in [4.78, 5) is 29.2. The summed E-state index contributed by atoms with van der Waals surface area (Å²) in [6.07, 6.45) is 0.522. The molecule has 122 valence electrons. The highest BCUT2D eigenvalue weighted by molar-refractivity contribution is 5.76. The van der Waals surface area contributed by atoms with E-state index in [9.17, 15) is 9.59 Å². The molecule has 0 aromatic carbocycles. The lowest BCUT2D eigenvalue weighted by Gasteiger charge is -2.35. The standard InChI is InChI=1S/C14H28N4O3/c1-4-12(13(19)20)11-15-14(21)18-9-7-17(8-10-18)6-5-16(2)3/h12H,4-11H2,1-3H3,(H,15,21)(H,19,20). The van der Waals surface area contributed by atoms with Crippen LogP contribution in [0, 0.1) is 5.92 Å². The normalized spacial score (nSPS) is 17.8. The van der Waals surface area contributed by atoms with Crippen LogP contribution in [0.3, 0.4) is 0 Å². The van der Waals surface area contributed by atoms with Crippen LogP contribution < -0.4 is 5.32 Å². The predicted octanol–water partition coefficient (Wildman–Crippen LogP) is -0.0140. The minimum absolute atomic E-state index is 0.151. The van der Waals surface area contributed by atoms with E-state index in [0.29, 0.717) is 19.5 Å². The summed E-state index contributed by atoms with van der Waals surface area (Å²) >= 11 is 0. The number of carbonyl (C=O) groups excluding carboxylic acids is 1. The van der Waals surface area contributed by atoms with Crippen LogP contribution in [0.1, 0.15) is 13.3 Å². The van der Waals surface area contributed by atoms with Gasteiger partial charge in [0, 0.05) is 45.8 Å². The molecule has 2 amide bonds. The summed E-state index contributed by atoms with van der Waals surface area (Å²) in [7, 11) is 4.10. The average Bonchev–Trinajstić information content (AvgIpc) is 2.45. The van der Waals surface area contributed by atoms with Crippen molar-refractivity contribution in [2.45, 2.75) is 13.3 Å². The number of hydrogen-bond donors (Lipinski definition) is 2. The van der Waals surface area contributed by atoms with E-state index < -0.39 is 11.9 Å². The number of nitrogens with one attached hydrogen (secondary N) is 1. The molecule has 1 aliphatic heterocycles. The molecule has 0 spiro atoms. The Morgan fingerprint density at radius 2 is 1.86 bits per heavy atom. The van der Waals surface area contributed by atoms with Crippen LogP contribution >= 0.6 is 0 Å². The topological polar surface area (TPSA) is 76.1 Å². The molecule has 7 heteroatoms. The zero-order valence-corrected chi connectivity index (χ0v) is 13.3. The summed E-state index contributed by atoms with van der Waals surface area (Å²) in [6, 6.07) is -0.151. The van der Waals surface area contributed by atoms with E-state index in [4.69, 9.17) is 5.11 Å². The third-order valence-corrected chi connectivity index (χ3v) is 3.86. The van der Waals surface area contributed by atoms with Crippen LogP contribution in [0.4, 0.5) is 4.79 Å². The number of hydrogen-bond acceptors (Lipinski definition) is 4. The maximum atomic E-state index is 12.0. The van der Waals surface area contributed by atoms with Gasteiger partial charge in [0.2, 0.25) is 0 Å². The van der Waals surface area contributed by atoms with E-state index in [1.807, 2.05) is 6.92 Å². The fraction of sp³-hybridized carbons (Fsp3) is 0.857. The smallest absolute Gasteiger partial charge is 0.317 e. The van der Waals surface area contributed by atoms with Gasteiger partial charge in [-0.3, -0.25) is 9.69 Å². The Balaban J connectivity index is 2.27. The maximum absolute atomic E-state index is 12.0. The van der Waals surface area contributed by atoms with Crippen LogP contribution in [0.15, 0.2) is 0 Å². The van der Waals surface area contributed by atoms with Crippen LogP contribution in [-0.2, 0) is 4.79 Å². The number of carboxylic acid groups (broad SMARTS) is 1. The number of piperazine rings is 1. The molecule has 1 heterocycles. The van der Waals surface area contributed by atoms with Crippen LogP contribution in [0.5, 0.6) is 0 Å². The first-order valence-corrected chi connectivity index (χ1v) is 7.56. The van der Waals surface area contributed by atoms with E-state index in [1.165, 1.54) is 0 Å². The molecule has 1 unspecified atom stereocenters. The lowest BCUT2D eigenvalue weighted by Crippen LogP contribution is -2.53. The van der Waals surface area contributed by atoms with E-state index >= 15 is 0 Å². The lowest BCUT2D eigenvalue weighted by atomic mass is 10.1. The molecule has 0 aromatic heterocycles. The molecule has 0 saturated carbocycles. The fourth-order valence-corrected chi connectivity index (χ4v) is 2.24. The molecule has 1 rings (SSSR count). The van der Waals surface area contributed by atoms with Crippen molar-refractivity contribution in [2.75, 3.05) is 59.9 Å². The molecule has 1 fully saturated rings. The summed E-state index contributed by atoms with van der Waals surface area (Å²) in [5.41, 5.74) is 0.